The van der Waals surface area contributed by atoms with Crippen molar-refractivity contribution in [2.45, 2.75) is 50.7 Å². The Morgan fingerprint density at radius 2 is 1.45 bits per heavy atom. The smallest absolute Gasteiger partial charge is 0.370 e. The van der Waals surface area contributed by atoms with Crippen molar-refractivity contribution in [2.75, 3.05) is 45.8 Å². The number of ether oxygens (including phenoxy) is 1. The normalized spacial score (nSPS) is 21.0. The minimum Gasteiger partial charge on any atom is -0.370 e. The summed E-state index contributed by atoms with van der Waals surface area (Å²) in [5.41, 5.74) is -2.14. The van der Waals surface area contributed by atoms with Crippen molar-refractivity contribution in [1.82, 2.24) is 14.7 Å². The summed E-state index contributed by atoms with van der Waals surface area (Å²) in [7, 11) is 0. The standard InChI is InChI=1S/C29H33F6N3O3.ClH/c1-19(22-14-23(28(30,31)32)16-24(15-22)29(33,34)35)41-26-8-9-38(17-25(26)21-6-4-3-5-7-21)27(40)18-36-10-12-37(13-11-36)20(2)39;/h3-7,14-16,19,25-26H,8-13,17-18H2,1-2H3;1H. The number of hydrogen-bond acceptors (Lipinski definition) is 4. The quantitative estimate of drug-likeness (QED) is 0.384. The molecule has 2 aromatic rings. The molecule has 42 heavy (non-hydrogen) atoms. The Balaban J connectivity index is 0.00000484. The lowest BCUT2D eigenvalue weighted by atomic mass is 9.87. The predicted molar refractivity (Wildman–Crippen MR) is 146 cm³/mol. The summed E-state index contributed by atoms with van der Waals surface area (Å²) in [5.74, 6) is -0.419. The van der Waals surface area contributed by atoms with Crippen LogP contribution < -0.4 is 0 Å². The summed E-state index contributed by atoms with van der Waals surface area (Å²) in [6, 6.07) is 10.7. The number of alkyl halides is 6. The fourth-order valence-corrected chi connectivity index (χ4v) is 5.41. The van der Waals surface area contributed by atoms with Crippen molar-refractivity contribution in [2.24, 2.45) is 0 Å². The largest absolute Gasteiger partial charge is 0.416 e. The number of nitrogens with zero attached hydrogens (tertiary/aromatic N) is 3. The number of benzene rings is 2. The number of hydrogen-bond donors (Lipinski definition) is 0. The van der Waals surface area contributed by atoms with Crippen molar-refractivity contribution in [3.05, 3.63) is 70.8 Å². The summed E-state index contributed by atoms with van der Waals surface area (Å²) in [6.45, 7) is 6.05. The van der Waals surface area contributed by atoms with Gasteiger partial charge in [-0.2, -0.15) is 26.3 Å². The first kappa shape index (κ1) is 33.7. The van der Waals surface area contributed by atoms with Gasteiger partial charge in [0.1, 0.15) is 0 Å². The van der Waals surface area contributed by atoms with Crippen LogP contribution in [0.25, 0.3) is 0 Å². The predicted octanol–water partition coefficient (Wildman–Crippen LogP) is 5.77. The molecule has 0 aromatic heterocycles. The number of halogens is 7. The minimum absolute atomic E-state index is 0. The molecule has 3 atom stereocenters. The van der Waals surface area contributed by atoms with Crippen molar-refractivity contribution >= 4 is 24.2 Å². The first-order valence-corrected chi connectivity index (χ1v) is 13.5. The van der Waals surface area contributed by atoms with Gasteiger partial charge in [-0.25, -0.2) is 0 Å². The third-order valence-electron chi connectivity index (χ3n) is 7.76. The van der Waals surface area contributed by atoms with E-state index >= 15 is 0 Å². The van der Waals surface area contributed by atoms with Crippen molar-refractivity contribution < 1.29 is 40.7 Å². The summed E-state index contributed by atoms with van der Waals surface area (Å²) in [5, 5.41) is 0. The lowest BCUT2D eigenvalue weighted by Crippen LogP contribution is -2.53. The highest BCUT2D eigenvalue weighted by atomic mass is 35.5. The third kappa shape index (κ3) is 8.38. The summed E-state index contributed by atoms with van der Waals surface area (Å²) in [6.07, 6.45) is -11.1. The molecule has 3 unspecified atom stereocenters. The molecular weight excluding hydrogens is 588 g/mol. The van der Waals surface area contributed by atoms with Gasteiger partial charge < -0.3 is 14.5 Å². The van der Waals surface area contributed by atoms with Gasteiger partial charge >= 0.3 is 12.4 Å². The zero-order valence-corrected chi connectivity index (χ0v) is 24.1. The van der Waals surface area contributed by atoms with Crippen LogP contribution in [0.15, 0.2) is 48.5 Å². The van der Waals surface area contributed by atoms with Crippen molar-refractivity contribution in [3.8, 4) is 0 Å². The van der Waals surface area contributed by atoms with Gasteiger partial charge in [-0.05, 0) is 42.7 Å². The maximum absolute atomic E-state index is 13.4. The second kappa shape index (κ2) is 13.6. The Kier molecular flexibility index (Phi) is 10.9. The van der Waals surface area contributed by atoms with Crippen LogP contribution in [0.1, 0.15) is 54.5 Å². The number of piperidine rings is 1. The number of carbonyl (C=O) groups is 2. The van der Waals surface area contributed by atoms with Gasteiger partial charge in [-0.1, -0.05) is 30.3 Å². The lowest BCUT2D eigenvalue weighted by Gasteiger charge is -2.41. The average molecular weight is 622 g/mol. The number of amides is 2. The molecule has 4 rings (SSSR count). The molecule has 0 saturated carbocycles. The zero-order valence-electron chi connectivity index (χ0n) is 23.3. The highest BCUT2D eigenvalue weighted by molar-refractivity contribution is 5.85. The van der Waals surface area contributed by atoms with Crippen molar-refractivity contribution in [1.29, 1.82) is 0 Å². The molecule has 2 aliphatic rings. The Bertz CT molecular complexity index is 1190. The number of carbonyl (C=O) groups excluding carboxylic acids is 2. The molecule has 6 nitrogen and oxygen atoms in total. The van der Waals surface area contributed by atoms with E-state index in [4.69, 9.17) is 4.74 Å². The van der Waals surface area contributed by atoms with E-state index in [2.05, 4.69) is 0 Å². The first-order valence-electron chi connectivity index (χ1n) is 13.5. The van der Waals surface area contributed by atoms with E-state index in [0.717, 1.165) is 5.56 Å². The van der Waals surface area contributed by atoms with Gasteiger partial charge in [-0.3, -0.25) is 14.5 Å². The summed E-state index contributed by atoms with van der Waals surface area (Å²) in [4.78, 5) is 30.3. The van der Waals surface area contributed by atoms with E-state index in [9.17, 15) is 35.9 Å². The molecule has 232 valence electrons. The molecular formula is C29H34ClF6N3O3. The molecule has 0 bridgehead atoms. The third-order valence-corrected chi connectivity index (χ3v) is 7.76. The summed E-state index contributed by atoms with van der Waals surface area (Å²) < 4.78 is 86.7. The lowest BCUT2D eigenvalue weighted by molar-refractivity contribution is -0.143. The highest BCUT2D eigenvalue weighted by Gasteiger charge is 2.39. The molecule has 0 spiro atoms. The van der Waals surface area contributed by atoms with Crippen molar-refractivity contribution in [3.63, 3.8) is 0 Å². The first-order chi connectivity index (χ1) is 19.2. The van der Waals surface area contributed by atoms with E-state index in [1.165, 1.54) is 13.8 Å². The van der Waals surface area contributed by atoms with Crippen LogP contribution in [0.5, 0.6) is 0 Å². The van der Waals surface area contributed by atoms with Gasteiger partial charge in [0, 0.05) is 52.1 Å². The maximum Gasteiger partial charge on any atom is 0.416 e. The topological polar surface area (TPSA) is 53.1 Å². The second-order valence-electron chi connectivity index (χ2n) is 10.6. The van der Waals surface area contributed by atoms with E-state index < -0.39 is 35.7 Å². The molecule has 2 fully saturated rings. The second-order valence-corrected chi connectivity index (χ2v) is 10.6. The number of piperazine rings is 1. The van der Waals surface area contributed by atoms with Crippen LogP contribution in [0.3, 0.4) is 0 Å². The van der Waals surface area contributed by atoms with E-state index in [-0.39, 0.29) is 48.3 Å². The Hall–Kier alpha value is -2.83. The SMILES string of the molecule is CC(=O)N1CCN(CC(=O)N2CCC(OC(C)c3cc(C(F)(F)F)cc(C(F)(F)F)c3)C(c3ccccc3)C2)CC1.Cl. The number of rotatable bonds is 6. The van der Waals surface area contributed by atoms with E-state index in [0.29, 0.717) is 57.8 Å². The van der Waals surface area contributed by atoms with Crippen LogP contribution in [0, 0.1) is 0 Å². The zero-order chi connectivity index (χ0) is 29.9. The van der Waals surface area contributed by atoms with Crippen LogP contribution in [-0.4, -0.2) is 78.4 Å². The van der Waals surface area contributed by atoms with E-state index in [1.807, 2.05) is 35.2 Å². The molecule has 2 amide bonds. The maximum atomic E-state index is 13.4. The molecule has 2 aromatic carbocycles. The molecule has 13 heteroatoms. The molecule has 2 aliphatic heterocycles. The van der Waals surface area contributed by atoms with Crippen LogP contribution in [0.2, 0.25) is 0 Å². The fraction of sp³-hybridized carbons (Fsp3) is 0.517. The monoisotopic (exact) mass is 621 g/mol. The summed E-state index contributed by atoms with van der Waals surface area (Å²) >= 11 is 0. The van der Waals surface area contributed by atoms with Crippen LogP contribution >= 0.6 is 12.4 Å². The number of likely N-dealkylation sites (tertiary alicyclic amines) is 1. The molecule has 0 aliphatic carbocycles. The van der Waals surface area contributed by atoms with Crippen LogP contribution in [-0.2, 0) is 26.7 Å². The van der Waals surface area contributed by atoms with Gasteiger partial charge in [0.2, 0.25) is 11.8 Å². The minimum atomic E-state index is -4.95. The van der Waals surface area contributed by atoms with Crippen LogP contribution in [0.4, 0.5) is 26.3 Å². The average Bonchev–Trinajstić information content (AvgIpc) is 2.92. The fourth-order valence-electron chi connectivity index (χ4n) is 5.41. The Morgan fingerprint density at radius 3 is 1.98 bits per heavy atom. The molecule has 0 radical (unpaired) electrons. The Labute approximate surface area is 247 Å². The van der Waals surface area contributed by atoms with E-state index in [1.54, 1.807) is 9.80 Å². The van der Waals surface area contributed by atoms with Gasteiger partial charge in [0.25, 0.3) is 0 Å². The van der Waals surface area contributed by atoms with Gasteiger partial charge in [-0.15, -0.1) is 12.4 Å². The molecule has 0 N–H and O–H groups in total. The van der Waals surface area contributed by atoms with Gasteiger partial charge in [0.05, 0.1) is 29.9 Å². The molecule has 2 saturated heterocycles. The molecule has 2 heterocycles. The van der Waals surface area contributed by atoms with Gasteiger partial charge in [0.15, 0.2) is 0 Å². The highest BCUT2D eigenvalue weighted by Crippen LogP contribution is 2.39. The Morgan fingerprint density at radius 1 is 0.881 bits per heavy atom.